The van der Waals surface area contributed by atoms with Crippen molar-refractivity contribution in [1.29, 1.82) is 0 Å². The minimum atomic E-state index is -3.21. The molecule has 1 saturated heterocycles. The third kappa shape index (κ3) is 3.76. The minimum absolute atomic E-state index is 0.0383. The SMILES string of the molecule is CS(=O)(=O)NC1CC2(C1)CN(C(=O)[C@@H]1C[C@H]1c1ccccc1-c1c(F)cccc1F)C2. The van der Waals surface area contributed by atoms with E-state index in [1.807, 2.05) is 17.0 Å². The highest BCUT2D eigenvalue weighted by Gasteiger charge is 2.57. The van der Waals surface area contributed by atoms with Crippen LogP contribution in [0.3, 0.4) is 0 Å². The van der Waals surface area contributed by atoms with E-state index in [4.69, 9.17) is 0 Å². The molecule has 1 spiro atoms. The summed E-state index contributed by atoms with van der Waals surface area (Å²) >= 11 is 0. The summed E-state index contributed by atoms with van der Waals surface area (Å²) in [5.41, 5.74) is 1.31. The van der Waals surface area contributed by atoms with Crippen LogP contribution in [0.5, 0.6) is 0 Å². The molecular formula is C23H24F2N2O3S. The van der Waals surface area contributed by atoms with E-state index >= 15 is 0 Å². The van der Waals surface area contributed by atoms with Crippen molar-refractivity contribution in [2.75, 3.05) is 19.3 Å². The van der Waals surface area contributed by atoms with E-state index < -0.39 is 21.7 Å². The molecule has 3 fully saturated rings. The monoisotopic (exact) mass is 446 g/mol. The van der Waals surface area contributed by atoms with Gasteiger partial charge in [-0.25, -0.2) is 21.9 Å². The van der Waals surface area contributed by atoms with Gasteiger partial charge in [0, 0.05) is 30.5 Å². The van der Waals surface area contributed by atoms with Crippen LogP contribution in [-0.2, 0) is 14.8 Å². The molecule has 0 radical (unpaired) electrons. The number of nitrogens with zero attached hydrogens (tertiary/aromatic N) is 1. The second kappa shape index (κ2) is 7.10. The molecule has 164 valence electrons. The Balaban J connectivity index is 1.24. The summed E-state index contributed by atoms with van der Waals surface area (Å²) in [6.07, 6.45) is 3.35. The summed E-state index contributed by atoms with van der Waals surface area (Å²) in [5.74, 6) is -1.34. The van der Waals surface area contributed by atoms with Crippen LogP contribution in [0, 0.1) is 23.0 Å². The molecule has 1 N–H and O–H groups in total. The minimum Gasteiger partial charge on any atom is -0.341 e. The maximum Gasteiger partial charge on any atom is 0.226 e. The van der Waals surface area contributed by atoms with Crippen molar-refractivity contribution >= 4 is 15.9 Å². The highest BCUT2D eigenvalue weighted by Crippen LogP contribution is 2.55. The fourth-order valence-corrected chi connectivity index (χ4v) is 6.17. The summed E-state index contributed by atoms with van der Waals surface area (Å²) in [5, 5.41) is 0. The second-order valence-electron chi connectivity index (χ2n) is 9.32. The fourth-order valence-electron chi connectivity index (χ4n) is 5.40. The lowest BCUT2D eigenvalue weighted by Gasteiger charge is -2.59. The first-order valence-corrected chi connectivity index (χ1v) is 12.3. The Morgan fingerprint density at radius 3 is 2.35 bits per heavy atom. The molecule has 5 nitrogen and oxygen atoms in total. The largest absolute Gasteiger partial charge is 0.341 e. The van der Waals surface area contributed by atoms with Gasteiger partial charge >= 0.3 is 0 Å². The second-order valence-corrected chi connectivity index (χ2v) is 11.1. The van der Waals surface area contributed by atoms with Gasteiger partial charge in [0.05, 0.1) is 11.8 Å². The standard InChI is InChI=1S/C23H24F2N2O3S/c1-31(29,30)26-14-10-23(11-14)12-27(13-23)22(28)18-9-17(18)15-5-2-3-6-16(15)21-19(24)7-4-8-20(21)25/h2-8,14,17-18,26H,9-13H2,1H3/t17-,18+/m0/s1. The van der Waals surface area contributed by atoms with Crippen LogP contribution in [0.25, 0.3) is 11.1 Å². The van der Waals surface area contributed by atoms with Crippen molar-refractivity contribution in [2.45, 2.75) is 31.2 Å². The zero-order valence-electron chi connectivity index (χ0n) is 17.1. The molecule has 3 aliphatic rings. The summed E-state index contributed by atoms with van der Waals surface area (Å²) in [4.78, 5) is 14.8. The number of sulfonamides is 1. The van der Waals surface area contributed by atoms with Gasteiger partial charge in [0.2, 0.25) is 15.9 Å². The van der Waals surface area contributed by atoms with Crippen molar-refractivity contribution in [1.82, 2.24) is 9.62 Å². The van der Waals surface area contributed by atoms with Crippen LogP contribution < -0.4 is 4.72 Å². The number of halogens is 2. The Hall–Kier alpha value is -2.32. The van der Waals surface area contributed by atoms with E-state index in [2.05, 4.69) is 4.72 Å². The van der Waals surface area contributed by atoms with E-state index in [1.165, 1.54) is 18.2 Å². The lowest BCUT2D eigenvalue weighted by Crippen LogP contribution is -2.67. The first-order chi connectivity index (χ1) is 14.7. The third-order valence-corrected chi connectivity index (χ3v) is 7.57. The van der Waals surface area contributed by atoms with E-state index in [0.29, 0.717) is 25.1 Å². The van der Waals surface area contributed by atoms with E-state index in [0.717, 1.165) is 24.7 Å². The number of hydrogen-bond donors (Lipinski definition) is 1. The normalized spacial score (nSPS) is 24.5. The first kappa shape index (κ1) is 20.6. The summed E-state index contributed by atoms with van der Waals surface area (Å²) in [7, 11) is -3.21. The van der Waals surface area contributed by atoms with Crippen LogP contribution in [0.2, 0.25) is 0 Å². The van der Waals surface area contributed by atoms with Crippen LogP contribution in [0.4, 0.5) is 8.78 Å². The van der Waals surface area contributed by atoms with Gasteiger partial charge in [0.15, 0.2) is 0 Å². The Labute approximate surface area is 180 Å². The molecule has 5 rings (SSSR count). The predicted molar refractivity (Wildman–Crippen MR) is 113 cm³/mol. The van der Waals surface area contributed by atoms with Crippen LogP contribution in [0.1, 0.15) is 30.7 Å². The first-order valence-electron chi connectivity index (χ1n) is 10.5. The number of amides is 1. The Kier molecular flexibility index (Phi) is 4.71. The summed E-state index contributed by atoms with van der Waals surface area (Å²) in [6.45, 7) is 1.31. The topological polar surface area (TPSA) is 66.5 Å². The quantitative estimate of drug-likeness (QED) is 0.767. The smallest absolute Gasteiger partial charge is 0.226 e. The number of carbonyl (C=O) groups is 1. The van der Waals surface area contributed by atoms with Gasteiger partial charge in [-0.1, -0.05) is 30.3 Å². The van der Waals surface area contributed by atoms with Gasteiger partial charge in [0.1, 0.15) is 11.6 Å². The predicted octanol–water partition coefficient (Wildman–Crippen LogP) is 3.28. The number of rotatable bonds is 5. The van der Waals surface area contributed by atoms with Crippen molar-refractivity contribution in [2.24, 2.45) is 11.3 Å². The van der Waals surface area contributed by atoms with Gasteiger partial charge in [-0.3, -0.25) is 4.79 Å². The Morgan fingerprint density at radius 1 is 1.06 bits per heavy atom. The molecule has 1 amide bonds. The molecule has 1 aliphatic heterocycles. The molecule has 2 atom stereocenters. The van der Waals surface area contributed by atoms with Gasteiger partial charge in [-0.2, -0.15) is 0 Å². The van der Waals surface area contributed by atoms with Gasteiger partial charge in [-0.05, 0) is 48.4 Å². The van der Waals surface area contributed by atoms with Crippen molar-refractivity contribution in [3.8, 4) is 11.1 Å². The maximum absolute atomic E-state index is 14.4. The number of likely N-dealkylation sites (tertiary alicyclic amines) is 1. The molecule has 1 heterocycles. The summed E-state index contributed by atoms with van der Waals surface area (Å²) < 4.78 is 54.0. The molecule has 0 aromatic heterocycles. The number of nitrogens with one attached hydrogen (secondary N) is 1. The molecule has 2 aromatic carbocycles. The zero-order valence-corrected chi connectivity index (χ0v) is 18.0. The number of benzene rings is 2. The van der Waals surface area contributed by atoms with E-state index in [9.17, 15) is 22.0 Å². The fraction of sp³-hybridized carbons (Fsp3) is 0.435. The van der Waals surface area contributed by atoms with E-state index in [1.54, 1.807) is 12.1 Å². The Morgan fingerprint density at radius 2 is 1.71 bits per heavy atom. The molecule has 2 aromatic rings. The number of hydrogen-bond acceptors (Lipinski definition) is 3. The molecule has 0 bridgehead atoms. The molecule has 8 heteroatoms. The average Bonchev–Trinajstić information content (AvgIpc) is 3.42. The van der Waals surface area contributed by atoms with Crippen molar-refractivity contribution in [3.63, 3.8) is 0 Å². The highest BCUT2D eigenvalue weighted by atomic mass is 32.2. The number of carbonyl (C=O) groups excluding carboxylic acids is 1. The summed E-state index contributed by atoms with van der Waals surface area (Å²) in [6, 6.07) is 10.9. The lowest BCUT2D eigenvalue weighted by molar-refractivity contribution is -0.153. The van der Waals surface area contributed by atoms with Gasteiger partial charge in [-0.15, -0.1) is 0 Å². The average molecular weight is 447 g/mol. The van der Waals surface area contributed by atoms with Crippen LogP contribution in [-0.4, -0.2) is 44.6 Å². The lowest BCUT2D eigenvalue weighted by atomic mass is 9.61. The molecule has 31 heavy (non-hydrogen) atoms. The maximum atomic E-state index is 14.4. The molecule has 0 unspecified atom stereocenters. The molecular weight excluding hydrogens is 422 g/mol. The van der Waals surface area contributed by atoms with E-state index in [-0.39, 0.29) is 34.8 Å². The zero-order chi connectivity index (χ0) is 22.0. The van der Waals surface area contributed by atoms with Gasteiger partial charge in [0.25, 0.3) is 0 Å². The molecule has 2 saturated carbocycles. The van der Waals surface area contributed by atoms with Crippen molar-refractivity contribution < 1.29 is 22.0 Å². The van der Waals surface area contributed by atoms with Crippen LogP contribution in [0.15, 0.2) is 42.5 Å². The van der Waals surface area contributed by atoms with Gasteiger partial charge < -0.3 is 4.90 Å². The third-order valence-electron chi connectivity index (χ3n) is 6.80. The van der Waals surface area contributed by atoms with Crippen molar-refractivity contribution in [3.05, 3.63) is 59.7 Å². The Bertz CT molecular complexity index is 1130. The molecule has 2 aliphatic carbocycles. The van der Waals surface area contributed by atoms with Crippen LogP contribution >= 0.6 is 0 Å². The highest BCUT2D eigenvalue weighted by molar-refractivity contribution is 7.88.